The summed E-state index contributed by atoms with van der Waals surface area (Å²) in [4.78, 5) is 14.6. The number of fused-ring (bicyclic) bond motifs is 1. The number of nitrogens with zero attached hydrogens (tertiary/aromatic N) is 3. The van der Waals surface area contributed by atoms with E-state index in [0.29, 0.717) is 6.54 Å². The van der Waals surface area contributed by atoms with Gasteiger partial charge in [-0.25, -0.2) is 0 Å². The lowest BCUT2D eigenvalue weighted by atomic mass is 9.99. The van der Waals surface area contributed by atoms with Crippen molar-refractivity contribution in [1.82, 2.24) is 4.57 Å². The number of aromatic nitrogens is 1. The van der Waals surface area contributed by atoms with Gasteiger partial charge < -0.3 is 9.47 Å². The maximum absolute atomic E-state index is 12.5. The average Bonchev–Trinajstić information content (AvgIpc) is 2.54. The predicted octanol–water partition coefficient (Wildman–Crippen LogP) is 2.61. The van der Waals surface area contributed by atoms with E-state index in [9.17, 15) is 10.1 Å². The van der Waals surface area contributed by atoms with Gasteiger partial charge in [-0.15, -0.1) is 0 Å². The van der Waals surface area contributed by atoms with Crippen LogP contribution in [0, 0.1) is 18.3 Å². The molecule has 0 aliphatic carbocycles. The maximum Gasteiger partial charge on any atom is 0.270 e. The quantitative estimate of drug-likeness (QED) is 0.855. The van der Waals surface area contributed by atoms with Gasteiger partial charge in [-0.1, -0.05) is 24.3 Å². The fourth-order valence-electron chi connectivity index (χ4n) is 3.20. The second-order valence-electron chi connectivity index (χ2n) is 5.65. The summed E-state index contributed by atoms with van der Waals surface area (Å²) in [5, 5.41) is 9.45. The van der Waals surface area contributed by atoms with Crippen LogP contribution in [0.3, 0.4) is 0 Å². The summed E-state index contributed by atoms with van der Waals surface area (Å²) in [6, 6.07) is 12.4. The summed E-state index contributed by atoms with van der Waals surface area (Å²) < 4.78 is 1.65. The second-order valence-corrected chi connectivity index (χ2v) is 5.65. The Morgan fingerprint density at radius 2 is 2.00 bits per heavy atom. The van der Waals surface area contributed by atoms with Gasteiger partial charge in [-0.3, -0.25) is 4.79 Å². The molecule has 1 aromatic carbocycles. The fraction of sp³-hybridized carbons (Fsp3) is 0.333. The molecule has 22 heavy (non-hydrogen) atoms. The predicted molar refractivity (Wildman–Crippen MR) is 87.0 cm³/mol. The van der Waals surface area contributed by atoms with Crippen LogP contribution in [-0.4, -0.2) is 11.1 Å². The number of pyridine rings is 1. The van der Waals surface area contributed by atoms with Gasteiger partial charge in [0.15, 0.2) is 0 Å². The van der Waals surface area contributed by atoms with E-state index in [-0.39, 0.29) is 11.1 Å². The third-order valence-corrected chi connectivity index (χ3v) is 4.39. The van der Waals surface area contributed by atoms with E-state index in [2.05, 4.69) is 29.2 Å². The average molecular weight is 293 g/mol. The molecule has 0 radical (unpaired) electrons. The Bertz CT molecular complexity index is 814. The van der Waals surface area contributed by atoms with Crippen molar-refractivity contribution in [2.45, 2.75) is 33.4 Å². The molecule has 2 aromatic rings. The lowest BCUT2D eigenvalue weighted by Crippen LogP contribution is -2.34. The van der Waals surface area contributed by atoms with E-state index in [1.54, 1.807) is 4.57 Å². The van der Waals surface area contributed by atoms with Crippen LogP contribution >= 0.6 is 0 Å². The number of aryl methyl sites for hydroxylation is 1. The summed E-state index contributed by atoms with van der Waals surface area (Å²) in [6.45, 7) is 6.02. The van der Waals surface area contributed by atoms with Gasteiger partial charge in [0.05, 0.1) is 5.69 Å². The first-order chi connectivity index (χ1) is 10.7. The van der Waals surface area contributed by atoms with Crippen molar-refractivity contribution in [3.8, 4) is 6.07 Å². The van der Waals surface area contributed by atoms with Crippen LogP contribution in [-0.2, 0) is 19.5 Å². The van der Waals surface area contributed by atoms with E-state index in [1.807, 2.05) is 26.0 Å². The number of anilines is 1. The van der Waals surface area contributed by atoms with Crippen molar-refractivity contribution in [2.75, 3.05) is 11.4 Å². The van der Waals surface area contributed by atoms with Crippen molar-refractivity contribution in [3.63, 3.8) is 0 Å². The summed E-state index contributed by atoms with van der Waals surface area (Å²) in [5.41, 5.74) is 4.38. The van der Waals surface area contributed by atoms with Gasteiger partial charge in [0, 0.05) is 25.3 Å². The van der Waals surface area contributed by atoms with Crippen LogP contribution in [0.2, 0.25) is 0 Å². The molecule has 0 fully saturated rings. The Labute approximate surface area is 130 Å². The molecule has 112 valence electrons. The highest BCUT2D eigenvalue weighted by Gasteiger charge is 2.21. The molecule has 1 aliphatic rings. The number of rotatable bonds is 2. The van der Waals surface area contributed by atoms with E-state index in [0.717, 1.165) is 30.9 Å². The van der Waals surface area contributed by atoms with Gasteiger partial charge in [-0.2, -0.15) is 5.26 Å². The van der Waals surface area contributed by atoms with Crippen LogP contribution in [0.1, 0.15) is 29.3 Å². The topological polar surface area (TPSA) is 49.0 Å². The van der Waals surface area contributed by atoms with E-state index in [4.69, 9.17) is 0 Å². The molecule has 0 N–H and O–H groups in total. The minimum atomic E-state index is -0.182. The Morgan fingerprint density at radius 1 is 1.27 bits per heavy atom. The molecule has 0 saturated heterocycles. The molecule has 0 bridgehead atoms. The molecule has 0 saturated carbocycles. The normalized spacial score (nSPS) is 13.6. The Hall–Kier alpha value is -2.54. The van der Waals surface area contributed by atoms with E-state index < -0.39 is 0 Å². The van der Waals surface area contributed by atoms with Gasteiger partial charge in [-0.05, 0) is 37.5 Å². The molecule has 1 aliphatic heterocycles. The highest BCUT2D eigenvalue weighted by Crippen LogP contribution is 2.26. The molecule has 0 spiro atoms. The minimum absolute atomic E-state index is 0.182. The van der Waals surface area contributed by atoms with Gasteiger partial charge in [0.2, 0.25) is 0 Å². The minimum Gasteiger partial charge on any atom is -0.366 e. The van der Waals surface area contributed by atoms with Crippen molar-refractivity contribution in [1.29, 1.82) is 5.26 Å². The molecule has 3 rings (SSSR count). The maximum atomic E-state index is 12.5. The summed E-state index contributed by atoms with van der Waals surface area (Å²) >= 11 is 0. The third kappa shape index (κ3) is 2.29. The van der Waals surface area contributed by atoms with Crippen molar-refractivity contribution in [2.24, 2.45) is 0 Å². The number of hydrogen-bond donors (Lipinski definition) is 0. The molecular formula is C18H19N3O. The smallest absolute Gasteiger partial charge is 0.270 e. The third-order valence-electron chi connectivity index (χ3n) is 4.39. The molecule has 0 atom stereocenters. The Kier molecular flexibility index (Phi) is 3.72. The standard InChI is InChI=1S/C18H19N3O/c1-3-21-13(2)10-17(16(11-19)18(21)22)20-9-8-14-6-4-5-7-15(14)12-20/h4-7,10H,3,8-9,12H2,1-2H3. The number of benzene rings is 1. The molecular weight excluding hydrogens is 274 g/mol. The first-order valence-corrected chi connectivity index (χ1v) is 7.62. The molecule has 2 heterocycles. The van der Waals surface area contributed by atoms with Crippen LogP contribution < -0.4 is 10.5 Å². The molecule has 0 amide bonds. The molecule has 0 unspecified atom stereocenters. The summed E-state index contributed by atoms with van der Waals surface area (Å²) in [6.07, 6.45) is 0.941. The van der Waals surface area contributed by atoms with Crippen molar-refractivity contribution >= 4 is 5.69 Å². The van der Waals surface area contributed by atoms with Crippen LogP contribution in [0.15, 0.2) is 35.1 Å². The first kappa shape index (κ1) is 14.4. The highest BCUT2D eigenvalue weighted by molar-refractivity contribution is 5.60. The van der Waals surface area contributed by atoms with Gasteiger partial charge >= 0.3 is 0 Å². The Morgan fingerprint density at radius 3 is 2.68 bits per heavy atom. The van der Waals surface area contributed by atoms with Crippen LogP contribution in [0.5, 0.6) is 0 Å². The largest absolute Gasteiger partial charge is 0.366 e. The SMILES string of the molecule is CCn1c(C)cc(N2CCc3ccccc3C2)c(C#N)c1=O. The van der Waals surface area contributed by atoms with E-state index >= 15 is 0 Å². The first-order valence-electron chi connectivity index (χ1n) is 7.62. The summed E-state index contributed by atoms with van der Waals surface area (Å²) in [5.74, 6) is 0. The van der Waals surface area contributed by atoms with Crippen LogP contribution in [0.25, 0.3) is 0 Å². The fourth-order valence-corrected chi connectivity index (χ4v) is 3.20. The Balaban J connectivity index is 2.07. The van der Waals surface area contributed by atoms with Gasteiger partial charge in [0.1, 0.15) is 11.6 Å². The number of nitriles is 1. The van der Waals surface area contributed by atoms with Crippen LogP contribution in [0.4, 0.5) is 5.69 Å². The van der Waals surface area contributed by atoms with Crippen molar-refractivity contribution < 1.29 is 0 Å². The molecule has 1 aromatic heterocycles. The zero-order chi connectivity index (χ0) is 15.7. The molecule has 4 heteroatoms. The van der Waals surface area contributed by atoms with E-state index in [1.165, 1.54) is 11.1 Å². The monoisotopic (exact) mass is 293 g/mol. The second kappa shape index (κ2) is 5.69. The zero-order valence-electron chi connectivity index (χ0n) is 13.0. The lowest BCUT2D eigenvalue weighted by Gasteiger charge is -2.31. The summed E-state index contributed by atoms with van der Waals surface area (Å²) in [7, 11) is 0. The number of hydrogen-bond acceptors (Lipinski definition) is 3. The van der Waals surface area contributed by atoms with Crippen molar-refractivity contribution in [3.05, 3.63) is 63.1 Å². The molecule has 4 nitrogen and oxygen atoms in total. The van der Waals surface area contributed by atoms with Gasteiger partial charge in [0.25, 0.3) is 5.56 Å². The highest BCUT2D eigenvalue weighted by atomic mass is 16.1. The zero-order valence-corrected chi connectivity index (χ0v) is 13.0. The lowest BCUT2D eigenvalue weighted by molar-refractivity contribution is 0.685.